The number of thiazole rings is 1. The molecule has 0 radical (unpaired) electrons. The number of nitrogens with one attached hydrogen (secondary N) is 1. The van der Waals surface area contributed by atoms with Crippen molar-refractivity contribution in [3.63, 3.8) is 0 Å². The topological polar surface area (TPSA) is 71.3 Å². The lowest BCUT2D eigenvalue weighted by atomic mass is 10.1. The van der Waals surface area contributed by atoms with Crippen molar-refractivity contribution in [3.8, 4) is 22.8 Å². The number of hydrogen-bond acceptors (Lipinski definition) is 6. The molecule has 0 saturated carbocycles. The molecule has 1 N–H and O–H groups in total. The maximum absolute atomic E-state index is 12.9. The van der Waals surface area contributed by atoms with Gasteiger partial charge in [-0.1, -0.05) is 41.7 Å². The molecule has 5 aromatic rings. The maximum atomic E-state index is 12.9. The third kappa shape index (κ3) is 4.66. The summed E-state index contributed by atoms with van der Waals surface area (Å²) < 4.78 is 14.1. The molecule has 1 aliphatic rings. The molecule has 6 rings (SSSR count). The molecule has 8 nitrogen and oxygen atoms in total. The van der Waals surface area contributed by atoms with E-state index in [1.807, 2.05) is 41.3 Å². The zero-order valence-electron chi connectivity index (χ0n) is 21.4. The van der Waals surface area contributed by atoms with Crippen molar-refractivity contribution < 1.29 is 14.3 Å². The van der Waals surface area contributed by atoms with E-state index in [1.165, 1.54) is 5.69 Å². The highest BCUT2D eigenvalue weighted by Gasteiger charge is 2.25. The minimum atomic E-state index is -0.0793. The van der Waals surface area contributed by atoms with Crippen LogP contribution in [-0.4, -0.2) is 65.6 Å². The van der Waals surface area contributed by atoms with Gasteiger partial charge in [0, 0.05) is 44.0 Å². The fraction of sp³-hybridized carbons (Fsp3) is 0.241. The molecular weight excluding hydrogens is 498 g/mol. The van der Waals surface area contributed by atoms with Gasteiger partial charge in [0.05, 0.1) is 35.8 Å². The van der Waals surface area contributed by atoms with Crippen LogP contribution in [0.25, 0.3) is 26.4 Å². The summed E-state index contributed by atoms with van der Waals surface area (Å²) in [6, 6.07) is 23.8. The van der Waals surface area contributed by atoms with Crippen LogP contribution >= 0.6 is 11.3 Å². The Morgan fingerprint density at radius 3 is 2.34 bits per heavy atom. The molecule has 194 valence electrons. The minimum Gasteiger partial charge on any atom is -0.497 e. The molecule has 3 aromatic carbocycles. The van der Waals surface area contributed by atoms with Gasteiger partial charge < -0.3 is 19.7 Å². The maximum Gasteiger partial charge on any atom is 0.321 e. The second-order valence-electron chi connectivity index (χ2n) is 9.25. The van der Waals surface area contributed by atoms with E-state index in [0.29, 0.717) is 13.1 Å². The minimum absolute atomic E-state index is 0.0793. The molecule has 0 spiro atoms. The second kappa shape index (κ2) is 10.4. The Balaban J connectivity index is 1.22. The quantitative estimate of drug-likeness (QED) is 0.312. The van der Waals surface area contributed by atoms with Crippen LogP contribution in [0.2, 0.25) is 0 Å². The molecule has 9 heteroatoms. The molecule has 3 heterocycles. The van der Waals surface area contributed by atoms with Crippen LogP contribution in [0.15, 0.2) is 72.8 Å². The number of hydrogen-bond donors (Lipinski definition) is 1. The number of amides is 2. The van der Waals surface area contributed by atoms with Crippen molar-refractivity contribution in [1.82, 2.24) is 19.2 Å². The molecule has 0 atom stereocenters. The molecule has 1 fully saturated rings. The number of rotatable bonds is 6. The normalized spacial score (nSPS) is 14.2. The standard InChI is InChI=1S/C29H29N5O3S/c1-36-22-10-8-21(9-11-22)30-28(35)33-16-14-32(15-17-33)19-25-27(20-6-4-3-5-7-20)31-29-34(25)24-13-12-23(37-2)18-26(24)38-29/h3-13,18H,14-17,19H2,1-2H3,(H,30,35). The summed E-state index contributed by atoms with van der Waals surface area (Å²) in [4.78, 5) is 23.2. The average Bonchev–Trinajstić information content (AvgIpc) is 3.50. The molecule has 0 bridgehead atoms. The summed E-state index contributed by atoms with van der Waals surface area (Å²) >= 11 is 1.67. The van der Waals surface area contributed by atoms with E-state index in [4.69, 9.17) is 14.5 Å². The molecule has 2 aromatic heterocycles. The van der Waals surface area contributed by atoms with Gasteiger partial charge in [0.2, 0.25) is 0 Å². The van der Waals surface area contributed by atoms with E-state index in [2.05, 4.69) is 51.0 Å². The Morgan fingerprint density at radius 1 is 0.921 bits per heavy atom. The highest BCUT2D eigenvalue weighted by molar-refractivity contribution is 7.23. The molecule has 1 aliphatic heterocycles. The van der Waals surface area contributed by atoms with E-state index < -0.39 is 0 Å². The smallest absolute Gasteiger partial charge is 0.321 e. The Bertz CT molecular complexity index is 1570. The number of benzene rings is 3. The number of nitrogens with zero attached hydrogens (tertiary/aromatic N) is 4. The first-order valence-corrected chi connectivity index (χ1v) is 13.4. The Morgan fingerprint density at radius 2 is 1.63 bits per heavy atom. The average molecular weight is 528 g/mol. The van der Waals surface area contributed by atoms with E-state index in [1.54, 1.807) is 25.6 Å². The van der Waals surface area contributed by atoms with Crippen molar-refractivity contribution in [2.75, 3.05) is 45.7 Å². The van der Waals surface area contributed by atoms with Gasteiger partial charge in [0.1, 0.15) is 11.5 Å². The number of fused-ring (bicyclic) bond motifs is 3. The van der Waals surface area contributed by atoms with Crippen molar-refractivity contribution in [2.45, 2.75) is 6.54 Å². The van der Waals surface area contributed by atoms with E-state index in [-0.39, 0.29) is 6.03 Å². The van der Waals surface area contributed by atoms with Crippen molar-refractivity contribution in [1.29, 1.82) is 0 Å². The van der Waals surface area contributed by atoms with Crippen molar-refractivity contribution in [3.05, 3.63) is 78.5 Å². The van der Waals surface area contributed by atoms with Gasteiger partial charge in [-0.15, -0.1) is 0 Å². The first-order valence-electron chi connectivity index (χ1n) is 12.6. The summed E-state index contributed by atoms with van der Waals surface area (Å²) in [6.45, 7) is 3.64. The fourth-order valence-corrected chi connectivity index (χ4v) is 5.98. The molecule has 38 heavy (non-hydrogen) atoms. The molecular formula is C29H29N5O3S. The highest BCUT2D eigenvalue weighted by Crippen LogP contribution is 2.35. The van der Waals surface area contributed by atoms with Crippen LogP contribution in [0.3, 0.4) is 0 Å². The summed E-state index contributed by atoms with van der Waals surface area (Å²) in [6.07, 6.45) is 0. The third-order valence-corrected chi connectivity index (χ3v) is 7.98. The van der Waals surface area contributed by atoms with Crippen LogP contribution < -0.4 is 14.8 Å². The lowest BCUT2D eigenvalue weighted by molar-refractivity contribution is 0.142. The first-order chi connectivity index (χ1) is 18.6. The van der Waals surface area contributed by atoms with Crippen LogP contribution in [0.1, 0.15) is 5.69 Å². The number of urea groups is 1. The van der Waals surface area contributed by atoms with Crippen LogP contribution in [0, 0.1) is 0 Å². The van der Waals surface area contributed by atoms with Gasteiger partial charge in [0.25, 0.3) is 0 Å². The van der Waals surface area contributed by atoms with E-state index >= 15 is 0 Å². The summed E-state index contributed by atoms with van der Waals surface area (Å²) in [5.41, 5.74) is 5.17. The number of imidazole rings is 1. The second-order valence-corrected chi connectivity index (χ2v) is 10.3. The van der Waals surface area contributed by atoms with Gasteiger partial charge >= 0.3 is 6.03 Å². The monoisotopic (exact) mass is 527 g/mol. The lowest BCUT2D eigenvalue weighted by Gasteiger charge is -2.34. The lowest BCUT2D eigenvalue weighted by Crippen LogP contribution is -2.49. The van der Waals surface area contributed by atoms with Crippen molar-refractivity contribution in [2.24, 2.45) is 0 Å². The Hall–Kier alpha value is -4.08. The number of carbonyl (C=O) groups is 1. The van der Waals surface area contributed by atoms with Crippen LogP contribution in [-0.2, 0) is 6.54 Å². The molecule has 0 unspecified atom stereocenters. The van der Waals surface area contributed by atoms with Gasteiger partial charge in [-0.2, -0.15) is 0 Å². The Kier molecular flexibility index (Phi) is 6.61. The van der Waals surface area contributed by atoms with Crippen molar-refractivity contribution >= 4 is 38.2 Å². The number of ether oxygens (including phenoxy) is 2. The number of aromatic nitrogens is 2. The fourth-order valence-electron chi connectivity index (χ4n) is 4.91. The van der Waals surface area contributed by atoms with E-state index in [0.717, 1.165) is 63.3 Å². The van der Waals surface area contributed by atoms with Gasteiger partial charge in [0.15, 0.2) is 4.96 Å². The van der Waals surface area contributed by atoms with Crippen LogP contribution in [0.5, 0.6) is 11.5 Å². The molecule has 2 amide bonds. The predicted molar refractivity (Wildman–Crippen MR) is 151 cm³/mol. The highest BCUT2D eigenvalue weighted by atomic mass is 32.1. The largest absolute Gasteiger partial charge is 0.497 e. The number of carbonyl (C=O) groups excluding carboxylic acids is 1. The Labute approximate surface area is 225 Å². The SMILES string of the molecule is COc1ccc(NC(=O)N2CCN(Cc3c(-c4ccccc4)nc4sc5cc(OC)ccc5n34)CC2)cc1. The predicted octanol–water partition coefficient (Wildman–Crippen LogP) is 5.58. The van der Waals surface area contributed by atoms with Gasteiger partial charge in [-0.05, 0) is 42.5 Å². The summed E-state index contributed by atoms with van der Waals surface area (Å²) in [5.74, 6) is 1.61. The number of methoxy groups -OCH3 is 2. The number of piperazine rings is 1. The molecule has 0 aliphatic carbocycles. The summed E-state index contributed by atoms with van der Waals surface area (Å²) in [5, 5.41) is 2.99. The zero-order valence-corrected chi connectivity index (χ0v) is 22.2. The third-order valence-electron chi connectivity index (χ3n) is 6.97. The molecule has 1 saturated heterocycles. The van der Waals surface area contributed by atoms with E-state index in [9.17, 15) is 4.79 Å². The van der Waals surface area contributed by atoms with Crippen LogP contribution in [0.4, 0.5) is 10.5 Å². The number of anilines is 1. The van der Waals surface area contributed by atoms with Gasteiger partial charge in [-0.3, -0.25) is 9.30 Å². The summed E-state index contributed by atoms with van der Waals surface area (Å²) in [7, 11) is 3.32. The first kappa shape index (κ1) is 24.3. The zero-order chi connectivity index (χ0) is 26.1. The van der Waals surface area contributed by atoms with Gasteiger partial charge in [-0.25, -0.2) is 9.78 Å².